The van der Waals surface area contributed by atoms with Crippen LogP contribution < -0.4 is 5.73 Å². The number of hydrogen-bond acceptors (Lipinski definition) is 2. The summed E-state index contributed by atoms with van der Waals surface area (Å²) in [7, 11) is 0. The highest BCUT2D eigenvalue weighted by Crippen LogP contribution is 2.24. The smallest absolute Gasteiger partial charge is 0.163 e. The Morgan fingerprint density at radius 3 is 2.71 bits per heavy atom. The van der Waals surface area contributed by atoms with Crippen LogP contribution in [0.2, 0.25) is 0 Å². The summed E-state index contributed by atoms with van der Waals surface area (Å²) in [5, 5.41) is 0. The molecule has 1 aliphatic carbocycles. The van der Waals surface area contributed by atoms with Gasteiger partial charge in [0.1, 0.15) is 5.82 Å². The van der Waals surface area contributed by atoms with Crippen molar-refractivity contribution in [3.8, 4) is 0 Å². The first-order chi connectivity index (χ1) is 6.68. The fourth-order valence-electron chi connectivity index (χ4n) is 1.84. The van der Waals surface area contributed by atoms with Crippen molar-refractivity contribution in [1.29, 1.82) is 0 Å². The number of nitrogens with two attached hydrogens (primary N) is 1. The third-order valence-electron chi connectivity index (χ3n) is 2.62. The van der Waals surface area contributed by atoms with Gasteiger partial charge in [0, 0.05) is 12.0 Å². The van der Waals surface area contributed by atoms with Crippen LogP contribution in [0.1, 0.15) is 35.2 Å². The van der Waals surface area contributed by atoms with E-state index in [9.17, 15) is 9.18 Å². The fourth-order valence-corrected chi connectivity index (χ4v) is 1.84. The molecule has 0 aliphatic heterocycles. The van der Waals surface area contributed by atoms with Gasteiger partial charge in [0.15, 0.2) is 5.78 Å². The van der Waals surface area contributed by atoms with Crippen LogP contribution in [0.5, 0.6) is 0 Å². The van der Waals surface area contributed by atoms with Crippen molar-refractivity contribution in [3.05, 3.63) is 29.1 Å². The van der Waals surface area contributed by atoms with Gasteiger partial charge in [0.25, 0.3) is 0 Å². The van der Waals surface area contributed by atoms with Gasteiger partial charge < -0.3 is 5.73 Å². The van der Waals surface area contributed by atoms with Crippen molar-refractivity contribution < 1.29 is 9.18 Å². The Balaban J connectivity index is 2.54. The van der Waals surface area contributed by atoms with Crippen molar-refractivity contribution in [2.24, 2.45) is 0 Å². The molecule has 14 heavy (non-hydrogen) atoms. The molecule has 0 saturated heterocycles. The Labute approximate surface area is 81.9 Å². The van der Waals surface area contributed by atoms with Crippen LogP contribution in [-0.2, 0) is 6.42 Å². The number of anilines is 1. The molecule has 0 amide bonds. The van der Waals surface area contributed by atoms with Gasteiger partial charge >= 0.3 is 0 Å². The van der Waals surface area contributed by atoms with Crippen LogP contribution in [0.4, 0.5) is 10.1 Å². The molecule has 0 atom stereocenters. The zero-order valence-corrected chi connectivity index (χ0v) is 7.85. The Bertz CT molecular complexity index is 387. The first kappa shape index (κ1) is 9.19. The van der Waals surface area contributed by atoms with Gasteiger partial charge in [-0.15, -0.1) is 0 Å². The number of carbonyl (C=O) groups is 1. The normalized spacial score (nSPS) is 16.2. The number of rotatable bonds is 0. The zero-order chi connectivity index (χ0) is 10.1. The standard InChI is InChI=1S/C11H12FNO/c12-9-6-8-7(5-10(9)13)3-1-2-4-11(8)14/h5-6H,1-4,13H2. The van der Waals surface area contributed by atoms with Gasteiger partial charge in [0.2, 0.25) is 0 Å². The lowest BCUT2D eigenvalue weighted by molar-refractivity contribution is 0.0981. The minimum Gasteiger partial charge on any atom is -0.396 e. The summed E-state index contributed by atoms with van der Waals surface area (Å²) in [4.78, 5) is 11.6. The van der Waals surface area contributed by atoms with Gasteiger partial charge in [0.05, 0.1) is 5.69 Å². The fraction of sp³-hybridized carbons (Fsp3) is 0.364. The van der Waals surface area contributed by atoms with Crippen LogP contribution in [0.3, 0.4) is 0 Å². The summed E-state index contributed by atoms with van der Waals surface area (Å²) in [5.74, 6) is -0.449. The summed E-state index contributed by atoms with van der Waals surface area (Å²) >= 11 is 0. The molecule has 0 fully saturated rings. The van der Waals surface area contributed by atoms with E-state index in [1.165, 1.54) is 6.07 Å². The minimum atomic E-state index is -0.487. The third-order valence-corrected chi connectivity index (χ3v) is 2.62. The summed E-state index contributed by atoms with van der Waals surface area (Å²) < 4.78 is 13.1. The quantitative estimate of drug-likeness (QED) is 0.507. The number of Topliss-reactive ketones (excluding diaryl/α,β-unsaturated/α-hetero) is 1. The molecular formula is C11H12FNO. The van der Waals surface area contributed by atoms with Crippen LogP contribution in [0.15, 0.2) is 12.1 Å². The number of fused-ring (bicyclic) bond motifs is 1. The van der Waals surface area contributed by atoms with Gasteiger partial charge in [-0.2, -0.15) is 0 Å². The number of ketones is 1. The molecule has 0 bridgehead atoms. The maximum atomic E-state index is 13.1. The van der Waals surface area contributed by atoms with Gasteiger partial charge in [-0.05, 0) is 37.0 Å². The van der Waals surface area contributed by atoms with Crippen molar-refractivity contribution in [2.45, 2.75) is 25.7 Å². The molecule has 1 aliphatic rings. The number of carbonyl (C=O) groups excluding carboxylic acids is 1. The molecule has 0 unspecified atom stereocenters. The Morgan fingerprint density at radius 2 is 1.93 bits per heavy atom. The number of aryl methyl sites for hydroxylation is 1. The molecule has 1 aromatic carbocycles. The largest absolute Gasteiger partial charge is 0.396 e. The Morgan fingerprint density at radius 1 is 1.21 bits per heavy atom. The van der Waals surface area contributed by atoms with Crippen molar-refractivity contribution in [2.75, 3.05) is 5.73 Å². The number of nitrogen functional groups attached to an aromatic ring is 1. The predicted octanol–water partition coefficient (Wildman–Crippen LogP) is 2.32. The first-order valence-corrected chi connectivity index (χ1v) is 4.79. The Kier molecular flexibility index (Phi) is 2.23. The molecule has 3 heteroatoms. The van der Waals surface area contributed by atoms with E-state index in [4.69, 9.17) is 5.73 Å². The SMILES string of the molecule is Nc1cc2c(cc1F)C(=O)CCCC2. The molecule has 0 saturated carbocycles. The molecule has 0 heterocycles. The number of hydrogen-bond donors (Lipinski definition) is 1. The highest BCUT2D eigenvalue weighted by Gasteiger charge is 2.17. The van der Waals surface area contributed by atoms with E-state index >= 15 is 0 Å². The van der Waals surface area contributed by atoms with E-state index in [1.54, 1.807) is 6.07 Å². The molecule has 2 nitrogen and oxygen atoms in total. The van der Waals surface area contributed by atoms with E-state index in [2.05, 4.69) is 0 Å². The van der Waals surface area contributed by atoms with E-state index < -0.39 is 5.82 Å². The molecule has 0 aromatic heterocycles. The highest BCUT2D eigenvalue weighted by atomic mass is 19.1. The number of halogens is 1. The lowest BCUT2D eigenvalue weighted by Crippen LogP contribution is -2.03. The lowest BCUT2D eigenvalue weighted by atomic mass is 10.0. The van der Waals surface area contributed by atoms with Crippen LogP contribution in [0.25, 0.3) is 0 Å². The summed E-state index contributed by atoms with van der Waals surface area (Å²) in [5.41, 5.74) is 7.01. The summed E-state index contributed by atoms with van der Waals surface area (Å²) in [6.07, 6.45) is 3.21. The number of benzene rings is 1. The molecule has 0 spiro atoms. The van der Waals surface area contributed by atoms with Crippen molar-refractivity contribution in [1.82, 2.24) is 0 Å². The van der Waals surface area contributed by atoms with E-state index in [0.29, 0.717) is 12.0 Å². The molecular weight excluding hydrogens is 181 g/mol. The second-order valence-electron chi connectivity index (χ2n) is 3.66. The minimum absolute atomic E-state index is 0.0383. The zero-order valence-electron chi connectivity index (χ0n) is 7.85. The van der Waals surface area contributed by atoms with Crippen molar-refractivity contribution >= 4 is 11.5 Å². The predicted molar refractivity (Wildman–Crippen MR) is 52.7 cm³/mol. The summed E-state index contributed by atoms with van der Waals surface area (Å²) in [6.45, 7) is 0. The van der Waals surface area contributed by atoms with Crippen molar-refractivity contribution in [3.63, 3.8) is 0 Å². The second kappa shape index (κ2) is 3.40. The molecule has 2 rings (SSSR count). The maximum Gasteiger partial charge on any atom is 0.163 e. The first-order valence-electron chi connectivity index (χ1n) is 4.79. The monoisotopic (exact) mass is 193 g/mol. The van der Waals surface area contributed by atoms with E-state index in [-0.39, 0.29) is 11.5 Å². The van der Waals surface area contributed by atoms with Crippen LogP contribution >= 0.6 is 0 Å². The molecule has 2 N–H and O–H groups in total. The summed E-state index contributed by atoms with van der Waals surface area (Å²) in [6, 6.07) is 2.87. The second-order valence-corrected chi connectivity index (χ2v) is 3.66. The van der Waals surface area contributed by atoms with E-state index in [0.717, 1.165) is 24.8 Å². The molecule has 1 aromatic rings. The average Bonchev–Trinajstić information content (AvgIpc) is 2.31. The van der Waals surface area contributed by atoms with Crippen LogP contribution in [0, 0.1) is 5.82 Å². The van der Waals surface area contributed by atoms with E-state index in [1.807, 2.05) is 0 Å². The lowest BCUT2D eigenvalue weighted by Gasteiger charge is -2.06. The average molecular weight is 193 g/mol. The highest BCUT2D eigenvalue weighted by molar-refractivity contribution is 5.98. The third kappa shape index (κ3) is 1.50. The topological polar surface area (TPSA) is 43.1 Å². The van der Waals surface area contributed by atoms with Gasteiger partial charge in [-0.1, -0.05) is 0 Å². The molecule has 74 valence electrons. The van der Waals surface area contributed by atoms with Gasteiger partial charge in [-0.25, -0.2) is 4.39 Å². The van der Waals surface area contributed by atoms with Crippen LogP contribution in [-0.4, -0.2) is 5.78 Å². The maximum absolute atomic E-state index is 13.1. The molecule has 0 radical (unpaired) electrons. The van der Waals surface area contributed by atoms with Gasteiger partial charge in [-0.3, -0.25) is 4.79 Å². The Hall–Kier alpha value is -1.38.